The van der Waals surface area contributed by atoms with Crippen molar-refractivity contribution in [3.63, 3.8) is 0 Å². The maximum atomic E-state index is 13.0. The van der Waals surface area contributed by atoms with Gasteiger partial charge in [0.1, 0.15) is 22.2 Å². The highest BCUT2D eigenvalue weighted by Gasteiger charge is 2.42. The number of carbonyl (C=O) groups is 3. The highest BCUT2D eigenvalue weighted by Crippen LogP contribution is 2.35. The molecule has 2 aliphatic rings. The monoisotopic (exact) mass is 434 g/mol. The van der Waals surface area contributed by atoms with Crippen molar-refractivity contribution < 1.29 is 24.2 Å². The first-order valence-corrected chi connectivity index (χ1v) is 10.5. The average Bonchev–Trinajstić information content (AvgIpc) is 2.99. The molecule has 2 heterocycles. The lowest BCUT2D eigenvalue weighted by molar-refractivity contribution is -0.154. The Bertz CT molecular complexity index is 885. The van der Waals surface area contributed by atoms with E-state index in [2.05, 4.69) is 0 Å². The summed E-state index contributed by atoms with van der Waals surface area (Å²) in [4.78, 5) is 40.5. The molecule has 2 atom stereocenters. The number of aliphatic carboxylic acids is 1. The number of hydrogen-bond donors (Lipinski definition) is 1. The van der Waals surface area contributed by atoms with Crippen molar-refractivity contribution in [3.05, 3.63) is 34.7 Å². The number of nitrogens with zero attached hydrogens (tertiary/aromatic N) is 2. The predicted octanol–water partition coefficient (Wildman–Crippen LogP) is 2.75. The number of carboxylic acid groups (broad SMARTS) is 1. The third-order valence-electron chi connectivity index (χ3n) is 5.03. The Labute approximate surface area is 178 Å². The summed E-state index contributed by atoms with van der Waals surface area (Å²) < 4.78 is 5.49. The van der Waals surface area contributed by atoms with Crippen molar-refractivity contribution in [1.82, 2.24) is 9.80 Å². The SMILES string of the molecule is COc1cccc(C=C2SC(=S)N(C(C)C(=O)N3CCCCC3C(=O)O)C2=O)c1. The van der Waals surface area contributed by atoms with Gasteiger partial charge in [-0.3, -0.25) is 14.5 Å². The van der Waals surface area contributed by atoms with Crippen LogP contribution in [0.3, 0.4) is 0 Å². The number of amides is 2. The number of rotatable bonds is 5. The summed E-state index contributed by atoms with van der Waals surface area (Å²) in [6.45, 7) is 1.96. The largest absolute Gasteiger partial charge is 0.497 e. The van der Waals surface area contributed by atoms with E-state index >= 15 is 0 Å². The summed E-state index contributed by atoms with van der Waals surface area (Å²) >= 11 is 6.48. The first-order valence-electron chi connectivity index (χ1n) is 9.28. The van der Waals surface area contributed by atoms with Crippen LogP contribution in [0.15, 0.2) is 29.2 Å². The zero-order valence-electron chi connectivity index (χ0n) is 16.2. The first-order chi connectivity index (χ1) is 13.8. The van der Waals surface area contributed by atoms with Gasteiger partial charge in [-0.15, -0.1) is 0 Å². The molecule has 29 heavy (non-hydrogen) atoms. The summed E-state index contributed by atoms with van der Waals surface area (Å²) in [6.07, 6.45) is 3.64. The van der Waals surface area contributed by atoms with E-state index in [9.17, 15) is 19.5 Å². The van der Waals surface area contributed by atoms with E-state index in [1.54, 1.807) is 32.2 Å². The van der Waals surface area contributed by atoms with Gasteiger partial charge >= 0.3 is 5.97 Å². The van der Waals surface area contributed by atoms with Crippen molar-refractivity contribution in [2.45, 2.75) is 38.3 Å². The van der Waals surface area contributed by atoms with E-state index in [1.165, 1.54) is 9.80 Å². The van der Waals surface area contributed by atoms with Gasteiger partial charge in [0.05, 0.1) is 12.0 Å². The maximum Gasteiger partial charge on any atom is 0.326 e. The number of hydrogen-bond acceptors (Lipinski definition) is 6. The molecule has 2 amide bonds. The fraction of sp³-hybridized carbons (Fsp3) is 0.400. The number of likely N-dealkylation sites (tertiary alicyclic amines) is 1. The topological polar surface area (TPSA) is 87.2 Å². The molecular formula is C20H22N2O5S2. The second-order valence-corrected chi connectivity index (χ2v) is 8.56. The number of piperidine rings is 1. The molecule has 3 rings (SSSR count). The molecule has 1 aromatic carbocycles. The molecule has 1 N–H and O–H groups in total. The fourth-order valence-electron chi connectivity index (χ4n) is 3.50. The van der Waals surface area contributed by atoms with Crippen LogP contribution in [0.2, 0.25) is 0 Å². The van der Waals surface area contributed by atoms with Gasteiger partial charge in [0.25, 0.3) is 5.91 Å². The minimum absolute atomic E-state index is 0.286. The minimum Gasteiger partial charge on any atom is -0.497 e. The van der Waals surface area contributed by atoms with Gasteiger partial charge in [-0.1, -0.05) is 36.1 Å². The highest BCUT2D eigenvalue weighted by atomic mass is 32.2. The van der Waals surface area contributed by atoms with Crippen molar-refractivity contribution in [2.24, 2.45) is 0 Å². The number of thioether (sulfide) groups is 1. The van der Waals surface area contributed by atoms with E-state index in [0.717, 1.165) is 30.2 Å². The Kier molecular flexibility index (Phi) is 6.59. The van der Waals surface area contributed by atoms with Crippen LogP contribution in [0.5, 0.6) is 5.75 Å². The standard InChI is InChI=1S/C20H22N2O5S2/c1-12(17(23)21-9-4-3-8-15(21)19(25)26)22-18(24)16(29-20(22)28)11-13-6-5-7-14(10-13)27-2/h5-7,10-12,15H,3-4,8-9H2,1-2H3,(H,25,26). The van der Waals surface area contributed by atoms with Gasteiger partial charge in [0.15, 0.2) is 0 Å². The summed E-state index contributed by atoms with van der Waals surface area (Å²) in [5, 5.41) is 9.43. The Hall–Kier alpha value is -2.39. The molecule has 154 valence electrons. The van der Waals surface area contributed by atoms with Gasteiger partial charge < -0.3 is 14.7 Å². The molecule has 2 unspecified atom stereocenters. The third kappa shape index (κ3) is 4.45. The lowest BCUT2D eigenvalue weighted by atomic mass is 10.0. The van der Waals surface area contributed by atoms with Crippen molar-refractivity contribution in [1.29, 1.82) is 0 Å². The molecule has 1 aromatic rings. The van der Waals surface area contributed by atoms with Crippen LogP contribution >= 0.6 is 24.0 Å². The summed E-state index contributed by atoms with van der Waals surface area (Å²) in [7, 11) is 1.57. The van der Waals surface area contributed by atoms with Gasteiger partial charge in [0, 0.05) is 6.54 Å². The lowest BCUT2D eigenvalue weighted by Gasteiger charge is -2.36. The van der Waals surface area contributed by atoms with Crippen molar-refractivity contribution >= 4 is 52.2 Å². The maximum absolute atomic E-state index is 13.0. The number of benzene rings is 1. The van der Waals surface area contributed by atoms with Crippen LogP contribution < -0.4 is 4.74 Å². The molecule has 0 spiro atoms. The number of methoxy groups -OCH3 is 1. The van der Waals surface area contributed by atoms with Crippen LogP contribution in [0.4, 0.5) is 0 Å². The van der Waals surface area contributed by atoms with E-state index in [-0.39, 0.29) is 10.2 Å². The van der Waals surface area contributed by atoms with E-state index in [4.69, 9.17) is 17.0 Å². The summed E-state index contributed by atoms with van der Waals surface area (Å²) in [5.74, 6) is -1.10. The Morgan fingerprint density at radius 1 is 1.38 bits per heavy atom. The highest BCUT2D eigenvalue weighted by molar-refractivity contribution is 8.26. The summed E-state index contributed by atoms with van der Waals surface area (Å²) in [6, 6.07) is 5.55. The normalized spacial score (nSPS) is 22.1. The van der Waals surface area contributed by atoms with Gasteiger partial charge in [0.2, 0.25) is 5.91 Å². The minimum atomic E-state index is -1.02. The molecule has 2 saturated heterocycles. The molecule has 0 aliphatic carbocycles. The van der Waals surface area contributed by atoms with Crippen LogP contribution in [-0.4, -0.2) is 62.7 Å². The van der Waals surface area contributed by atoms with Crippen LogP contribution in [0.1, 0.15) is 31.7 Å². The average molecular weight is 435 g/mol. The predicted molar refractivity (Wildman–Crippen MR) is 114 cm³/mol. The van der Waals surface area contributed by atoms with E-state index in [1.807, 2.05) is 12.1 Å². The van der Waals surface area contributed by atoms with Crippen LogP contribution in [-0.2, 0) is 14.4 Å². The lowest BCUT2D eigenvalue weighted by Crippen LogP contribution is -2.55. The molecule has 2 fully saturated rings. The molecular weight excluding hydrogens is 412 g/mol. The molecule has 0 aromatic heterocycles. The summed E-state index contributed by atoms with van der Waals surface area (Å²) in [5.41, 5.74) is 0.783. The number of ether oxygens (including phenoxy) is 1. The first kappa shape index (κ1) is 21.3. The zero-order valence-corrected chi connectivity index (χ0v) is 17.8. The third-order valence-corrected chi connectivity index (χ3v) is 6.36. The van der Waals surface area contributed by atoms with Crippen molar-refractivity contribution in [2.75, 3.05) is 13.7 Å². The molecule has 7 nitrogen and oxygen atoms in total. The molecule has 0 bridgehead atoms. The second-order valence-electron chi connectivity index (χ2n) is 6.89. The number of carboxylic acids is 1. The van der Waals surface area contributed by atoms with Gasteiger partial charge in [-0.25, -0.2) is 4.79 Å². The van der Waals surface area contributed by atoms with E-state index in [0.29, 0.717) is 23.6 Å². The molecule has 2 aliphatic heterocycles. The Morgan fingerprint density at radius 2 is 2.14 bits per heavy atom. The number of thiocarbonyl (C=S) groups is 1. The molecule has 0 radical (unpaired) electrons. The molecule has 0 saturated carbocycles. The Morgan fingerprint density at radius 3 is 2.83 bits per heavy atom. The fourth-order valence-corrected chi connectivity index (χ4v) is 4.92. The quantitative estimate of drug-likeness (QED) is 0.563. The van der Waals surface area contributed by atoms with Gasteiger partial charge in [-0.2, -0.15) is 0 Å². The Balaban J connectivity index is 1.80. The second kappa shape index (κ2) is 8.96. The van der Waals surface area contributed by atoms with Gasteiger partial charge in [-0.05, 0) is 50.0 Å². The number of carbonyl (C=O) groups excluding carboxylic acids is 2. The van der Waals surface area contributed by atoms with Crippen LogP contribution in [0.25, 0.3) is 6.08 Å². The van der Waals surface area contributed by atoms with Crippen molar-refractivity contribution in [3.8, 4) is 5.75 Å². The smallest absolute Gasteiger partial charge is 0.326 e. The molecule has 9 heteroatoms. The van der Waals surface area contributed by atoms with E-state index < -0.39 is 24.0 Å². The van der Waals surface area contributed by atoms with Crippen LogP contribution in [0, 0.1) is 0 Å². The zero-order chi connectivity index (χ0) is 21.1.